The molecule has 0 saturated carbocycles. The summed E-state index contributed by atoms with van der Waals surface area (Å²) in [6.45, 7) is 1.98. The number of para-hydroxylation sites is 2. The lowest BCUT2D eigenvalue weighted by Gasteiger charge is -2.12. The molecule has 3 nitrogen and oxygen atoms in total. The van der Waals surface area contributed by atoms with Gasteiger partial charge in [0.1, 0.15) is 5.75 Å². The maximum atomic E-state index is 13.0. The lowest BCUT2D eigenvalue weighted by molar-refractivity contribution is 0.0739. The van der Waals surface area contributed by atoms with Gasteiger partial charge in [-0.3, -0.25) is 0 Å². The molecule has 3 aromatic carbocycles. The first-order valence-electron chi connectivity index (χ1n) is 7.89. The lowest BCUT2D eigenvalue weighted by atomic mass is 10.0. The van der Waals surface area contributed by atoms with Crippen molar-refractivity contribution in [2.24, 2.45) is 0 Å². The highest BCUT2D eigenvalue weighted by molar-refractivity contribution is 6.32. The quantitative estimate of drug-likeness (QED) is 0.270. The van der Waals surface area contributed by atoms with Gasteiger partial charge in [0.2, 0.25) is 0 Å². The van der Waals surface area contributed by atoms with Crippen LogP contribution in [0.1, 0.15) is 15.9 Å². The van der Waals surface area contributed by atoms with E-state index >= 15 is 0 Å². The van der Waals surface area contributed by atoms with Crippen molar-refractivity contribution >= 4 is 39.4 Å². The third kappa shape index (κ3) is 2.83. The number of nitrogens with zero attached hydrogens (tertiary/aromatic N) is 1. The molecule has 0 saturated heterocycles. The number of ether oxygens (including phenoxy) is 1. The Hall–Kier alpha value is -2.91. The van der Waals surface area contributed by atoms with E-state index in [1.165, 1.54) is 0 Å². The molecule has 25 heavy (non-hydrogen) atoms. The van der Waals surface area contributed by atoms with Gasteiger partial charge in [-0.15, -0.1) is 0 Å². The molecule has 4 aromatic rings. The molecule has 4 heteroatoms. The van der Waals surface area contributed by atoms with Crippen molar-refractivity contribution in [1.29, 1.82) is 0 Å². The number of aromatic nitrogens is 1. The van der Waals surface area contributed by atoms with Gasteiger partial charge in [-0.2, -0.15) is 0 Å². The fraction of sp³-hybridized carbons (Fsp3) is 0.0476. The van der Waals surface area contributed by atoms with E-state index in [1.807, 2.05) is 49.4 Å². The van der Waals surface area contributed by atoms with Crippen molar-refractivity contribution in [3.8, 4) is 5.75 Å². The molecule has 0 aliphatic rings. The number of halogens is 1. The number of hydrogen-bond donors (Lipinski definition) is 0. The maximum Gasteiger partial charge on any atom is 0.344 e. The third-order valence-electron chi connectivity index (χ3n) is 4.08. The van der Waals surface area contributed by atoms with E-state index < -0.39 is 5.97 Å². The molecule has 1 aromatic heterocycles. The molecule has 0 spiro atoms. The van der Waals surface area contributed by atoms with Crippen LogP contribution in [0.4, 0.5) is 0 Å². The van der Waals surface area contributed by atoms with Crippen LogP contribution in [0.15, 0.2) is 66.7 Å². The highest BCUT2D eigenvalue weighted by atomic mass is 35.5. The maximum absolute atomic E-state index is 13.0. The van der Waals surface area contributed by atoms with E-state index in [9.17, 15) is 4.79 Å². The van der Waals surface area contributed by atoms with Gasteiger partial charge in [0.15, 0.2) is 0 Å². The number of benzene rings is 3. The van der Waals surface area contributed by atoms with Crippen molar-refractivity contribution in [3.05, 3.63) is 82.9 Å². The van der Waals surface area contributed by atoms with Crippen LogP contribution >= 0.6 is 11.6 Å². The summed E-state index contributed by atoms with van der Waals surface area (Å²) in [5, 5.41) is 1.93. The van der Waals surface area contributed by atoms with Crippen molar-refractivity contribution in [1.82, 2.24) is 4.98 Å². The zero-order valence-electron chi connectivity index (χ0n) is 13.5. The van der Waals surface area contributed by atoms with Gasteiger partial charge in [-0.05, 0) is 37.3 Å². The van der Waals surface area contributed by atoms with Crippen LogP contribution in [0.2, 0.25) is 5.02 Å². The second-order valence-electron chi connectivity index (χ2n) is 5.84. The van der Waals surface area contributed by atoms with Crippen LogP contribution < -0.4 is 4.74 Å². The fourth-order valence-corrected chi connectivity index (χ4v) is 3.08. The summed E-state index contributed by atoms with van der Waals surface area (Å²) in [5.41, 5.74) is 3.07. The first-order chi connectivity index (χ1) is 12.1. The Labute approximate surface area is 149 Å². The molecular formula is C21H14ClNO2. The molecule has 0 aliphatic carbocycles. The van der Waals surface area contributed by atoms with Crippen LogP contribution in [-0.4, -0.2) is 11.0 Å². The van der Waals surface area contributed by atoms with Gasteiger partial charge >= 0.3 is 5.97 Å². The SMILES string of the molecule is Cc1ccc2nc3ccccc3c(C(=O)Oc3ccccc3Cl)c2c1. The Morgan fingerprint density at radius 3 is 2.48 bits per heavy atom. The van der Waals surface area contributed by atoms with Crippen molar-refractivity contribution in [2.45, 2.75) is 6.92 Å². The summed E-state index contributed by atoms with van der Waals surface area (Å²) in [4.78, 5) is 17.6. The Morgan fingerprint density at radius 1 is 0.920 bits per heavy atom. The summed E-state index contributed by atoms with van der Waals surface area (Å²) in [5.74, 6) is -0.0989. The van der Waals surface area contributed by atoms with E-state index in [2.05, 4.69) is 4.98 Å². The van der Waals surface area contributed by atoms with E-state index in [0.717, 1.165) is 27.4 Å². The third-order valence-corrected chi connectivity index (χ3v) is 4.39. The number of rotatable bonds is 2. The number of aryl methyl sites for hydroxylation is 1. The van der Waals surface area contributed by atoms with E-state index in [0.29, 0.717) is 16.3 Å². The van der Waals surface area contributed by atoms with Gasteiger partial charge in [0.25, 0.3) is 0 Å². The fourth-order valence-electron chi connectivity index (χ4n) is 2.90. The first kappa shape index (κ1) is 15.6. The molecule has 0 N–H and O–H groups in total. The number of esters is 1. The van der Waals surface area contributed by atoms with Crippen LogP contribution in [0.25, 0.3) is 21.8 Å². The van der Waals surface area contributed by atoms with Crippen LogP contribution in [-0.2, 0) is 0 Å². The topological polar surface area (TPSA) is 39.2 Å². The first-order valence-corrected chi connectivity index (χ1v) is 8.27. The molecule has 0 amide bonds. The lowest BCUT2D eigenvalue weighted by Crippen LogP contribution is -2.11. The number of fused-ring (bicyclic) bond motifs is 2. The number of pyridine rings is 1. The van der Waals surface area contributed by atoms with Crippen LogP contribution in [0.5, 0.6) is 5.75 Å². The minimum atomic E-state index is -0.442. The predicted molar refractivity (Wildman–Crippen MR) is 100 cm³/mol. The molecule has 4 rings (SSSR count). The van der Waals surface area contributed by atoms with E-state index in [-0.39, 0.29) is 0 Å². The largest absolute Gasteiger partial charge is 0.421 e. The zero-order chi connectivity index (χ0) is 17.4. The van der Waals surface area contributed by atoms with Crippen LogP contribution in [0, 0.1) is 6.92 Å². The highest BCUT2D eigenvalue weighted by Gasteiger charge is 2.19. The van der Waals surface area contributed by atoms with E-state index in [4.69, 9.17) is 16.3 Å². The molecule has 0 aliphatic heterocycles. The summed E-state index contributed by atoms with van der Waals surface area (Å²) in [6, 6.07) is 20.4. The molecule has 0 radical (unpaired) electrons. The molecule has 0 unspecified atom stereocenters. The summed E-state index contributed by atoms with van der Waals surface area (Å²) in [7, 11) is 0. The number of hydrogen-bond acceptors (Lipinski definition) is 3. The average molecular weight is 348 g/mol. The summed E-state index contributed by atoms with van der Waals surface area (Å²) < 4.78 is 5.59. The molecular weight excluding hydrogens is 334 g/mol. The summed E-state index contributed by atoms with van der Waals surface area (Å²) in [6.07, 6.45) is 0. The van der Waals surface area contributed by atoms with Crippen LogP contribution in [0.3, 0.4) is 0 Å². The monoisotopic (exact) mass is 347 g/mol. The zero-order valence-corrected chi connectivity index (χ0v) is 14.2. The Morgan fingerprint density at radius 2 is 1.64 bits per heavy atom. The second kappa shape index (κ2) is 6.19. The standard InChI is InChI=1S/C21H14ClNO2/c1-13-10-11-18-15(12-13)20(14-6-2-4-8-17(14)23-18)21(24)25-19-9-5-3-7-16(19)22/h2-12H,1H3. The minimum Gasteiger partial charge on any atom is -0.421 e. The Bertz CT molecular complexity index is 1120. The van der Waals surface area contributed by atoms with Crippen molar-refractivity contribution in [3.63, 3.8) is 0 Å². The molecule has 0 bridgehead atoms. The Balaban J connectivity index is 1.95. The van der Waals surface area contributed by atoms with Gasteiger partial charge in [0.05, 0.1) is 21.6 Å². The minimum absolute atomic E-state index is 0.343. The smallest absolute Gasteiger partial charge is 0.344 e. The normalized spacial score (nSPS) is 11.0. The predicted octanol–water partition coefficient (Wildman–Crippen LogP) is 5.57. The average Bonchev–Trinajstić information content (AvgIpc) is 2.61. The molecule has 1 heterocycles. The molecule has 0 atom stereocenters. The second-order valence-corrected chi connectivity index (χ2v) is 6.25. The van der Waals surface area contributed by atoms with Crippen molar-refractivity contribution < 1.29 is 9.53 Å². The van der Waals surface area contributed by atoms with Gasteiger partial charge in [0, 0.05) is 10.8 Å². The summed E-state index contributed by atoms with van der Waals surface area (Å²) >= 11 is 6.13. The highest BCUT2D eigenvalue weighted by Crippen LogP contribution is 2.30. The van der Waals surface area contributed by atoms with Gasteiger partial charge in [-0.25, -0.2) is 9.78 Å². The van der Waals surface area contributed by atoms with E-state index in [1.54, 1.807) is 24.3 Å². The Kier molecular flexibility index (Phi) is 3.86. The number of carbonyl (C=O) groups is 1. The van der Waals surface area contributed by atoms with Crippen molar-refractivity contribution in [2.75, 3.05) is 0 Å². The number of carbonyl (C=O) groups excluding carboxylic acids is 1. The van der Waals surface area contributed by atoms with Gasteiger partial charge in [-0.1, -0.05) is 53.6 Å². The van der Waals surface area contributed by atoms with Gasteiger partial charge < -0.3 is 4.74 Å². The molecule has 0 fully saturated rings. The molecule has 122 valence electrons.